The number of sulfonamides is 1. The average molecular weight is 554 g/mol. The highest BCUT2D eigenvalue weighted by atomic mass is 35.5. The number of amides is 2. The first kappa shape index (κ1) is 28.9. The van der Waals surface area contributed by atoms with Crippen molar-refractivity contribution >= 4 is 33.6 Å². The van der Waals surface area contributed by atoms with Gasteiger partial charge in [0, 0.05) is 17.5 Å². The monoisotopic (exact) mass is 553 g/mol. The Morgan fingerprint density at radius 3 is 2.43 bits per heavy atom. The fourth-order valence-corrected chi connectivity index (χ4v) is 6.84. The molecule has 0 saturated carbocycles. The van der Waals surface area contributed by atoms with Crippen LogP contribution in [0.5, 0.6) is 0 Å². The van der Waals surface area contributed by atoms with E-state index >= 15 is 4.39 Å². The molecule has 0 bridgehead atoms. The van der Waals surface area contributed by atoms with E-state index in [0.29, 0.717) is 16.1 Å². The van der Waals surface area contributed by atoms with Gasteiger partial charge in [-0.15, -0.1) is 0 Å². The Labute approximate surface area is 222 Å². The van der Waals surface area contributed by atoms with Crippen LogP contribution in [0.4, 0.5) is 9.18 Å². The number of benzene rings is 2. The minimum Gasteiger partial charge on any atom is -0.443 e. The smallest absolute Gasteiger partial charge is 0.426 e. The van der Waals surface area contributed by atoms with E-state index in [1.54, 1.807) is 46.8 Å². The number of carbonyl (C=O) groups is 2. The summed E-state index contributed by atoms with van der Waals surface area (Å²) in [6.45, 7) is 11.9. The Kier molecular flexibility index (Phi) is 8.26. The summed E-state index contributed by atoms with van der Waals surface area (Å²) in [6.07, 6.45) is -0.917. The van der Waals surface area contributed by atoms with Gasteiger partial charge >= 0.3 is 6.09 Å². The largest absolute Gasteiger partial charge is 0.443 e. The zero-order valence-corrected chi connectivity index (χ0v) is 23.6. The van der Waals surface area contributed by atoms with Crippen LogP contribution in [-0.4, -0.2) is 42.9 Å². The number of nitrogens with zero attached hydrogens (tertiary/aromatic N) is 1. The molecular formula is C26H33ClFN3O5S. The van der Waals surface area contributed by atoms with E-state index in [-0.39, 0.29) is 22.9 Å². The highest BCUT2D eigenvalue weighted by Crippen LogP contribution is 2.40. The molecule has 0 aliphatic carbocycles. The molecule has 2 amide bonds. The summed E-state index contributed by atoms with van der Waals surface area (Å²) < 4.78 is 49.0. The summed E-state index contributed by atoms with van der Waals surface area (Å²) in [5.74, 6) is -2.59. The van der Waals surface area contributed by atoms with Crippen LogP contribution in [0.1, 0.15) is 68.7 Å². The number of nitrogens with one attached hydrogen (secondary N) is 2. The van der Waals surface area contributed by atoms with Gasteiger partial charge in [0.1, 0.15) is 17.5 Å². The zero-order chi connectivity index (χ0) is 27.9. The maximum Gasteiger partial charge on any atom is 0.426 e. The molecule has 0 aromatic heterocycles. The second-order valence-corrected chi connectivity index (χ2v) is 12.7. The van der Waals surface area contributed by atoms with E-state index in [2.05, 4.69) is 10.9 Å². The lowest BCUT2D eigenvalue weighted by molar-refractivity contribution is -0.126. The second kappa shape index (κ2) is 10.6. The molecule has 2 unspecified atom stereocenters. The fourth-order valence-electron chi connectivity index (χ4n) is 4.61. The van der Waals surface area contributed by atoms with E-state index in [1.807, 2.05) is 13.8 Å². The molecule has 202 valence electrons. The van der Waals surface area contributed by atoms with Crippen LogP contribution in [0, 0.1) is 19.7 Å². The molecule has 0 radical (unpaired) electrons. The Morgan fingerprint density at radius 2 is 1.81 bits per heavy atom. The summed E-state index contributed by atoms with van der Waals surface area (Å²) in [6, 6.07) is 6.02. The minimum absolute atomic E-state index is 0.0298. The number of rotatable bonds is 4. The van der Waals surface area contributed by atoms with E-state index < -0.39 is 45.4 Å². The molecule has 1 heterocycles. The number of halogens is 2. The van der Waals surface area contributed by atoms with Crippen LogP contribution in [-0.2, 0) is 19.6 Å². The van der Waals surface area contributed by atoms with Crippen molar-refractivity contribution in [2.75, 3.05) is 6.54 Å². The molecule has 2 N–H and O–H groups in total. The summed E-state index contributed by atoms with van der Waals surface area (Å²) >= 11 is 6.11. The fraction of sp³-hybridized carbons (Fsp3) is 0.462. The van der Waals surface area contributed by atoms with Crippen molar-refractivity contribution in [1.82, 2.24) is 15.2 Å². The van der Waals surface area contributed by atoms with Gasteiger partial charge in [-0.25, -0.2) is 23.0 Å². The average Bonchev–Trinajstić information content (AvgIpc) is 2.77. The van der Waals surface area contributed by atoms with Crippen LogP contribution in [0.25, 0.3) is 0 Å². The molecule has 3 rings (SSSR count). The summed E-state index contributed by atoms with van der Waals surface area (Å²) in [5.41, 5.74) is 5.81. The number of carbonyl (C=O) groups excluding carboxylic acids is 2. The summed E-state index contributed by atoms with van der Waals surface area (Å²) in [4.78, 5) is 25.8. The SMILES string of the molecule is Cc1ccc(F)c(C(C)[C@@H](C(=O)NNC(=O)OC(C)(C)C)N2CC(C)c3cc(Cl)ccc3S2(=O)=O)c1C. The molecule has 0 saturated heterocycles. The predicted octanol–water partition coefficient (Wildman–Crippen LogP) is 4.93. The van der Waals surface area contributed by atoms with Gasteiger partial charge in [0.05, 0.1) is 4.90 Å². The van der Waals surface area contributed by atoms with Crippen molar-refractivity contribution in [3.05, 3.63) is 63.4 Å². The third kappa shape index (κ3) is 6.08. The van der Waals surface area contributed by atoms with Crippen molar-refractivity contribution < 1.29 is 27.1 Å². The first-order valence-electron chi connectivity index (χ1n) is 11.9. The van der Waals surface area contributed by atoms with Crippen molar-refractivity contribution in [3.8, 4) is 0 Å². The third-order valence-corrected chi connectivity index (χ3v) is 8.63. The first-order valence-corrected chi connectivity index (χ1v) is 13.7. The molecular weight excluding hydrogens is 521 g/mol. The second-order valence-electron chi connectivity index (χ2n) is 10.4. The highest BCUT2D eigenvalue weighted by Gasteiger charge is 2.45. The van der Waals surface area contributed by atoms with Crippen molar-refractivity contribution in [1.29, 1.82) is 0 Å². The van der Waals surface area contributed by atoms with Crippen LogP contribution in [0.15, 0.2) is 35.2 Å². The van der Waals surface area contributed by atoms with Gasteiger partial charge in [0.25, 0.3) is 5.91 Å². The number of ether oxygens (including phenoxy) is 1. The molecule has 37 heavy (non-hydrogen) atoms. The van der Waals surface area contributed by atoms with Gasteiger partial charge in [0.15, 0.2) is 0 Å². The van der Waals surface area contributed by atoms with E-state index in [4.69, 9.17) is 16.3 Å². The van der Waals surface area contributed by atoms with Crippen LogP contribution >= 0.6 is 11.6 Å². The number of fused-ring (bicyclic) bond motifs is 1. The topological polar surface area (TPSA) is 105 Å². The molecule has 3 atom stereocenters. The number of hydrogen-bond donors (Lipinski definition) is 2. The predicted molar refractivity (Wildman–Crippen MR) is 139 cm³/mol. The Hall–Kier alpha value is -2.69. The molecule has 1 aliphatic heterocycles. The maximum atomic E-state index is 15.1. The minimum atomic E-state index is -4.19. The Morgan fingerprint density at radius 1 is 1.16 bits per heavy atom. The lowest BCUT2D eigenvalue weighted by Gasteiger charge is -2.39. The summed E-state index contributed by atoms with van der Waals surface area (Å²) in [5, 5.41) is 0.399. The molecule has 0 spiro atoms. The van der Waals surface area contributed by atoms with Gasteiger partial charge in [-0.3, -0.25) is 10.2 Å². The van der Waals surface area contributed by atoms with Gasteiger partial charge in [-0.1, -0.05) is 31.5 Å². The molecule has 2 aromatic carbocycles. The van der Waals surface area contributed by atoms with Crippen molar-refractivity contribution in [2.45, 2.75) is 76.8 Å². The number of hydrogen-bond acceptors (Lipinski definition) is 5. The standard InChI is InChI=1S/C26H33ClFN3O5S/c1-14-8-10-20(28)22(16(14)3)17(4)23(24(32)29-30-25(33)36-26(5,6)7)31-13-15(2)19-12-18(27)9-11-21(19)37(31,34)35/h8-12,15,17,23H,13H2,1-7H3,(H,29,32)(H,30,33)/t15?,17?,23-/m0/s1. The van der Waals surface area contributed by atoms with Crippen molar-refractivity contribution in [2.24, 2.45) is 0 Å². The molecule has 11 heteroatoms. The number of hydrazine groups is 1. The van der Waals surface area contributed by atoms with Gasteiger partial charge in [0.2, 0.25) is 10.0 Å². The van der Waals surface area contributed by atoms with E-state index in [0.717, 1.165) is 9.87 Å². The van der Waals surface area contributed by atoms with Crippen LogP contribution < -0.4 is 10.9 Å². The summed E-state index contributed by atoms with van der Waals surface area (Å²) in [7, 11) is -4.19. The first-order chi connectivity index (χ1) is 17.0. The molecule has 1 aliphatic rings. The van der Waals surface area contributed by atoms with Gasteiger partial charge in [-0.2, -0.15) is 4.31 Å². The third-order valence-electron chi connectivity index (χ3n) is 6.47. The number of aryl methyl sites for hydroxylation is 1. The Balaban J connectivity index is 2.08. The van der Waals surface area contributed by atoms with Crippen LogP contribution in [0.2, 0.25) is 5.02 Å². The van der Waals surface area contributed by atoms with Gasteiger partial charge < -0.3 is 4.74 Å². The molecule has 0 fully saturated rings. The molecule has 8 nitrogen and oxygen atoms in total. The lowest BCUT2D eigenvalue weighted by Crippen LogP contribution is -2.57. The van der Waals surface area contributed by atoms with Crippen LogP contribution in [0.3, 0.4) is 0 Å². The van der Waals surface area contributed by atoms with E-state index in [1.165, 1.54) is 18.2 Å². The highest BCUT2D eigenvalue weighted by molar-refractivity contribution is 7.89. The zero-order valence-electron chi connectivity index (χ0n) is 22.0. The molecule has 2 aromatic rings. The maximum absolute atomic E-state index is 15.1. The van der Waals surface area contributed by atoms with Gasteiger partial charge in [-0.05, 0) is 87.1 Å². The quantitative estimate of drug-likeness (QED) is 0.522. The Bertz CT molecular complexity index is 1330. The normalized spacial score (nSPS) is 18.9. The van der Waals surface area contributed by atoms with Crippen molar-refractivity contribution in [3.63, 3.8) is 0 Å². The lowest BCUT2D eigenvalue weighted by atomic mass is 9.87. The van der Waals surface area contributed by atoms with E-state index in [9.17, 15) is 18.0 Å².